The maximum Gasteiger partial charge on any atom is 0.116 e. The monoisotopic (exact) mass is 386 g/mol. The summed E-state index contributed by atoms with van der Waals surface area (Å²) in [6.45, 7) is 0. The quantitative estimate of drug-likeness (QED) is 0.658. The molecule has 3 atom stereocenters. The van der Waals surface area contributed by atoms with Gasteiger partial charge in [-0.2, -0.15) is 0 Å². The van der Waals surface area contributed by atoms with E-state index in [1.807, 2.05) is 24.3 Å². The molecule has 4 rings (SSSR count). The molecule has 1 saturated carbocycles. The number of phenolic OH excluding ortho intramolecular Hbond substituents is 2. The van der Waals surface area contributed by atoms with Crippen LogP contribution in [0.1, 0.15) is 59.8 Å². The van der Waals surface area contributed by atoms with E-state index in [1.54, 1.807) is 0 Å². The second-order valence-electron chi connectivity index (χ2n) is 7.26. The van der Waals surface area contributed by atoms with Gasteiger partial charge in [0.1, 0.15) is 11.5 Å². The van der Waals surface area contributed by atoms with Gasteiger partial charge in [0.05, 0.1) is 0 Å². The molecule has 1 fully saturated rings. The molecule has 0 heterocycles. The molecule has 2 N–H and O–H groups in total. The van der Waals surface area contributed by atoms with Crippen LogP contribution in [0.3, 0.4) is 0 Å². The van der Waals surface area contributed by atoms with E-state index >= 15 is 0 Å². The molecule has 0 amide bonds. The molecule has 0 aromatic heterocycles. The van der Waals surface area contributed by atoms with E-state index in [0.29, 0.717) is 29.3 Å². The number of aromatic hydroxyl groups is 2. The molecule has 0 saturated heterocycles. The number of halogens is 1. The molecule has 0 spiro atoms. The fourth-order valence-corrected chi connectivity index (χ4v) is 5.42. The summed E-state index contributed by atoms with van der Waals surface area (Å²) in [7, 11) is 0. The van der Waals surface area contributed by atoms with Crippen molar-refractivity contribution < 1.29 is 10.2 Å². The first-order valence-electron chi connectivity index (χ1n) is 8.87. The van der Waals surface area contributed by atoms with Crippen molar-refractivity contribution in [2.45, 2.75) is 49.3 Å². The fourth-order valence-electron chi connectivity index (χ4n) is 4.92. The molecule has 2 aliphatic carbocycles. The summed E-state index contributed by atoms with van der Waals surface area (Å²) in [4.78, 5) is 0. The van der Waals surface area contributed by atoms with Gasteiger partial charge in [-0.05, 0) is 83.5 Å². The van der Waals surface area contributed by atoms with Crippen LogP contribution in [-0.4, -0.2) is 10.2 Å². The predicted octanol–water partition coefficient (Wildman–Crippen LogP) is 5.61. The van der Waals surface area contributed by atoms with E-state index in [4.69, 9.17) is 0 Å². The van der Waals surface area contributed by atoms with Crippen molar-refractivity contribution in [3.05, 3.63) is 58.7 Å². The summed E-state index contributed by atoms with van der Waals surface area (Å²) in [5.41, 5.74) is 5.36. The van der Waals surface area contributed by atoms with Gasteiger partial charge in [0, 0.05) is 5.33 Å². The lowest BCUT2D eigenvalue weighted by molar-refractivity contribution is 0.242. The van der Waals surface area contributed by atoms with E-state index < -0.39 is 0 Å². The Kier molecular flexibility index (Phi) is 4.29. The highest BCUT2D eigenvalue weighted by molar-refractivity contribution is 9.08. The van der Waals surface area contributed by atoms with Crippen molar-refractivity contribution in [3.8, 4) is 11.5 Å². The maximum atomic E-state index is 10.2. The van der Waals surface area contributed by atoms with Crippen molar-refractivity contribution in [1.29, 1.82) is 0 Å². The lowest BCUT2D eigenvalue weighted by atomic mass is 9.61. The zero-order valence-corrected chi connectivity index (χ0v) is 15.3. The van der Waals surface area contributed by atoms with Gasteiger partial charge in [0.2, 0.25) is 0 Å². The first-order valence-corrected chi connectivity index (χ1v) is 9.99. The van der Waals surface area contributed by atoms with Crippen LogP contribution in [0.25, 0.3) is 0 Å². The number of alkyl halides is 1. The van der Waals surface area contributed by atoms with E-state index in [9.17, 15) is 10.2 Å². The number of rotatable bonds is 2. The lowest BCUT2D eigenvalue weighted by Gasteiger charge is -2.43. The van der Waals surface area contributed by atoms with Gasteiger partial charge in [0.25, 0.3) is 0 Å². The summed E-state index contributed by atoms with van der Waals surface area (Å²) in [6, 6.07) is 11.7. The Balaban J connectivity index is 1.82. The van der Waals surface area contributed by atoms with Gasteiger partial charge >= 0.3 is 0 Å². The molecular formula is C21H23BrO2. The molecule has 2 aromatic carbocycles. The summed E-state index contributed by atoms with van der Waals surface area (Å²) >= 11 is 3.60. The standard InChI is InChI=1S/C21H23BrO2/c22-12-14-9-16(24)10-21-18-4-2-1-3-17(18)19(11-20(14)21)13-5-7-15(23)8-6-13/h5-10,17-19,23-24H,1-4,11-12H2. The van der Waals surface area contributed by atoms with E-state index in [2.05, 4.69) is 28.1 Å². The first-order chi connectivity index (χ1) is 11.7. The minimum absolute atomic E-state index is 0.334. The minimum atomic E-state index is 0.334. The first kappa shape index (κ1) is 16.0. The average molecular weight is 387 g/mol. The van der Waals surface area contributed by atoms with Crippen LogP contribution in [0, 0.1) is 5.92 Å². The van der Waals surface area contributed by atoms with E-state index in [0.717, 1.165) is 11.8 Å². The molecule has 126 valence electrons. The van der Waals surface area contributed by atoms with Gasteiger partial charge < -0.3 is 10.2 Å². The van der Waals surface area contributed by atoms with Gasteiger partial charge in [-0.1, -0.05) is 40.9 Å². The Morgan fingerprint density at radius 2 is 1.67 bits per heavy atom. The third-order valence-electron chi connectivity index (χ3n) is 5.99. The Morgan fingerprint density at radius 1 is 0.917 bits per heavy atom. The zero-order chi connectivity index (χ0) is 16.7. The van der Waals surface area contributed by atoms with Gasteiger partial charge in [0.15, 0.2) is 0 Å². The Bertz CT molecular complexity index is 738. The highest BCUT2D eigenvalue weighted by Gasteiger charge is 2.39. The second-order valence-corrected chi connectivity index (χ2v) is 7.82. The predicted molar refractivity (Wildman–Crippen MR) is 100.0 cm³/mol. The summed E-state index contributed by atoms with van der Waals surface area (Å²) < 4.78 is 0. The van der Waals surface area contributed by atoms with Crippen LogP contribution in [0.5, 0.6) is 11.5 Å². The molecule has 24 heavy (non-hydrogen) atoms. The third kappa shape index (κ3) is 2.73. The third-order valence-corrected chi connectivity index (χ3v) is 6.59. The van der Waals surface area contributed by atoms with Crippen molar-refractivity contribution in [2.24, 2.45) is 5.92 Å². The number of fused-ring (bicyclic) bond motifs is 3. The molecule has 0 bridgehead atoms. The lowest BCUT2D eigenvalue weighted by Crippen LogP contribution is -2.31. The van der Waals surface area contributed by atoms with Crippen molar-refractivity contribution in [2.75, 3.05) is 0 Å². The summed E-state index contributed by atoms with van der Waals surface area (Å²) in [5.74, 6) is 2.43. The molecule has 2 aromatic rings. The smallest absolute Gasteiger partial charge is 0.116 e. The van der Waals surface area contributed by atoms with Crippen LogP contribution in [0.2, 0.25) is 0 Å². The number of hydrogen-bond donors (Lipinski definition) is 2. The Hall–Kier alpha value is -1.48. The molecule has 0 radical (unpaired) electrons. The molecule has 2 nitrogen and oxygen atoms in total. The van der Waals surface area contributed by atoms with Crippen LogP contribution in [0.4, 0.5) is 0 Å². The molecule has 2 aliphatic rings. The van der Waals surface area contributed by atoms with Gasteiger partial charge in [-0.15, -0.1) is 0 Å². The average Bonchev–Trinajstić information content (AvgIpc) is 2.61. The van der Waals surface area contributed by atoms with Crippen LogP contribution in [-0.2, 0) is 11.8 Å². The minimum Gasteiger partial charge on any atom is -0.508 e. The Labute approximate surface area is 151 Å². The zero-order valence-electron chi connectivity index (χ0n) is 13.7. The molecular weight excluding hydrogens is 364 g/mol. The number of phenols is 2. The Morgan fingerprint density at radius 3 is 2.42 bits per heavy atom. The molecule has 0 aliphatic heterocycles. The SMILES string of the molecule is Oc1ccc(C2Cc3c(CBr)cc(O)cc3C3CCCCC23)cc1. The van der Waals surface area contributed by atoms with E-state index in [1.165, 1.54) is 47.9 Å². The van der Waals surface area contributed by atoms with Gasteiger partial charge in [-0.25, -0.2) is 0 Å². The highest BCUT2D eigenvalue weighted by atomic mass is 79.9. The van der Waals surface area contributed by atoms with E-state index in [-0.39, 0.29) is 0 Å². The van der Waals surface area contributed by atoms with Gasteiger partial charge in [-0.3, -0.25) is 0 Å². The van der Waals surface area contributed by atoms with Crippen LogP contribution in [0.15, 0.2) is 36.4 Å². The van der Waals surface area contributed by atoms with Crippen LogP contribution >= 0.6 is 15.9 Å². The largest absolute Gasteiger partial charge is 0.508 e. The van der Waals surface area contributed by atoms with Crippen molar-refractivity contribution >= 4 is 15.9 Å². The maximum absolute atomic E-state index is 10.2. The topological polar surface area (TPSA) is 40.5 Å². The van der Waals surface area contributed by atoms with Crippen LogP contribution < -0.4 is 0 Å². The molecule has 3 unspecified atom stereocenters. The second kappa shape index (κ2) is 6.44. The number of benzene rings is 2. The summed E-state index contributed by atoms with van der Waals surface area (Å²) in [6.07, 6.45) is 6.09. The highest BCUT2D eigenvalue weighted by Crippen LogP contribution is 2.52. The fraction of sp³-hybridized carbons (Fsp3) is 0.429. The number of hydrogen-bond acceptors (Lipinski definition) is 2. The summed E-state index contributed by atoms with van der Waals surface area (Å²) in [5, 5.41) is 20.6. The normalized spacial score (nSPS) is 25.8. The molecule has 3 heteroatoms. The van der Waals surface area contributed by atoms with Crippen molar-refractivity contribution in [3.63, 3.8) is 0 Å². The van der Waals surface area contributed by atoms with Crippen molar-refractivity contribution in [1.82, 2.24) is 0 Å².